The highest BCUT2D eigenvalue weighted by atomic mass is 16.5. The lowest BCUT2D eigenvalue weighted by Crippen LogP contribution is -2.43. The minimum atomic E-state index is 0.139. The van der Waals surface area contributed by atoms with Crippen LogP contribution in [0.1, 0.15) is 41.0 Å². The van der Waals surface area contributed by atoms with Gasteiger partial charge in [0.15, 0.2) is 0 Å². The lowest BCUT2D eigenvalue weighted by Gasteiger charge is -2.27. The molecule has 0 rings (SSSR count). The molecule has 0 aliphatic rings. The molecule has 4 heteroatoms. The van der Waals surface area contributed by atoms with Crippen molar-refractivity contribution >= 4 is 0 Å². The Morgan fingerprint density at radius 2 is 1.68 bits per heavy atom. The van der Waals surface area contributed by atoms with Gasteiger partial charge in [0.05, 0.1) is 19.3 Å². The summed E-state index contributed by atoms with van der Waals surface area (Å²) in [6.07, 6.45) is 1.20. The van der Waals surface area contributed by atoms with Gasteiger partial charge >= 0.3 is 0 Å². The first-order chi connectivity index (χ1) is 8.87. The number of hydrogen-bond donors (Lipinski definition) is 1. The third-order valence-corrected chi connectivity index (χ3v) is 2.77. The van der Waals surface area contributed by atoms with Crippen molar-refractivity contribution in [3.8, 4) is 0 Å². The molecular formula is C15H33NO3. The van der Waals surface area contributed by atoms with E-state index in [2.05, 4.69) is 39.9 Å². The van der Waals surface area contributed by atoms with Crippen LogP contribution in [0.4, 0.5) is 0 Å². The van der Waals surface area contributed by atoms with Gasteiger partial charge in [0.25, 0.3) is 0 Å². The SMILES string of the molecule is COCCOCCCOC(CNC(C)(C)C)C(C)C. The van der Waals surface area contributed by atoms with Crippen LogP contribution in [0, 0.1) is 5.92 Å². The van der Waals surface area contributed by atoms with Gasteiger partial charge in [0, 0.05) is 32.4 Å². The summed E-state index contributed by atoms with van der Waals surface area (Å²) in [5.74, 6) is 0.518. The number of rotatable bonds is 11. The summed E-state index contributed by atoms with van der Waals surface area (Å²) in [7, 11) is 1.68. The zero-order valence-electron chi connectivity index (χ0n) is 13.6. The molecule has 0 bridgehead atoms. The van der Waals surface area contributed by atoms with Crippen LogP contribution in [0.15, 0.2) is 0 Å². The third-order valence-electron chi connectivity index (χ3n) is 2.77. The van der Waals surface area contributed by atoms with Gasteiger partial charge in [-0.3, -0.25) is 0 Å². The van der Waals surface area contributed by atoms with Crippen molar-refractivity contribution in [2.75, 3.05) is 40.1 Å². The van der Waals surface area contributed by atoms with Crippen molar-refractivity contribution in [3.05, 3.63) is 0 Å². The standard InChI is InChI=1S/C15H33NO3/c1-13(2)14(12-16-15(3,4)5)19-9-7-8-18-11-10-17-6/h13-14,16H,7-12H2,1-6H3. The summed E-state index contributed by atoms with van der Waals surface area (Å²) in [5.41, 5.74) is 0.139. The monoisotopic (exact) mass is 275 g/mol. The van der Waals surface area contributed by atoms with Crippen molar-refractivity contribution in [2.24, 2.45) is 5.92 Å². The molecule has 0 aromatic heterocycles. The summed E-state index contributed by atoms with van der Waals surface area (Å²) >= 11 is 0. The van der Waals surface area contributed by atoms with E-state index < -0.39 is 0 Å². The second-order valence-corrected chi connectivity index (χ2v) is 6.24. The van der Waals surface area contributed by atoms with Crippen molar-refractivity contribution in [2.45, 2.75) is 52.7 Å². The number of nitrogens with one attached hydrogen (secondary N) is 1. The average Bonchev–Trinajstić information content (AvgIpc) is 2.30. The second kappa shape index (κ2) is 10.6. The molecule has 0 aliphatic heterocycles. The Kier molecular flexibility index (Phi) is 10.5. The molecule has 0 radical (unpaired) electrons. The van der Waals surface area contributed by atoms with E-state index in [1.54, 1.807) is 7.11 Å². The molecule has 0 aromatic carbocycles. The summed E-state index contributed by atoms with van der Waals surface area (Å²) in [5, 5.41) is 3.50. The Hall–Kier alpha value is -0.160. The average molecular weight is 275 g/mol. The third kappa shape index (κ3) is 12.6. The highest BCUT2D eigenvalue weighted by Gasteiger charge is 2.17. The molecule has 1 N–H and O–H groups in total. The minimum absolute atomic E-state index is 0.139. The Labute approximate surface area is 119 Å². The van der Waals surface area contributed by atoms with Crippen LogP contribution in [0.25, 0.3) is 0 Å². The van der Waals surface area contributed by atoms with Crippen LogP contribution in [-0.2, 0) is 14.2 Å². The maximum Gasteiger partial charge on any atom is 0.0722 e. The lowest BCUT2D eigenvalue weighted by atomic mass is 10.0. The van der Waals surface area contributed by atoms with Crippen LogP contribution in [-0.4, -0.2) is 51.7 Å². The van der Waals surface area contributed by atoms with Gasteiger partial charge in [-0.25, -0.2) is 0 Å². The quantitative estimate of drug-likeness (QED) is 0.588. The van der Waals surface area contributed by atoms with E-state index in [1.165, 1.54) is 0 Å². The molecule has 19 heavy (non-hydrogen) atoms. The molecule has 1 unspecified atom stereocenters. The summed E-state index contributed by atoms with van der Waals surface area (Å²) in [6, 6.07) is 0. The van der Waals surface area contributed by atoms with Gasteiger partial charge in [-0.15, -0.1) is 0 Å². The van der Waals surface area contributed by atoms with E-state index in [0.717, 1.165) is 26.2 Å². The Morgan fingerprint density at radius 3 is 2.21 bits per heavy atom. The molecule has 0 heterocycles. The van der Waals surface area contributed by atoms with E-state index in [1.807, 2.05) is 0 Å². The lowest BCUT2D eigenvalue weighted by molar-refractivity contribution is 0.00181. The fourth-order valence-corrected chi connectivity index (χ4v) is 1.53. The van der Waals surface area contributed by atoms with E-state index in [-0.39, 0.29) is 11.6 Å². The number of hydrogen-bond acceptors (Lipinski definition) is 4. The Balaban J connectivity index is 3.66. The van der Waals surface area contributed by atoms with Crippen LogP contribution in [0.5, 0.6) is 0 Å². The molecule has 4 nitrogen and oxygen atoms in total. The molecule has 0 aromatic rings. The normalized spacial score (nSPS) is 14.1. The van der Waals surface area contributed by atoms with E-state index in [0.29, 0.717) is 19.1 Å². The predicted octanol–water partition coefficient (Wildman–Crippen LogP) is 2.47. The smallest absolute Gasteiger partial charge is 0.0722 e. The molecule has 116 valence electrons. The van der Waals surface area contributed by atoms with Crippen molar-refractivity contribution in [3.63, 3.8) is 0 Å². The van der Waals surface area contributed by atoms with E-state index in [9.17, 15) is 0 Å². The van der Waals surface area contributed by atoms with Crippen molar-refractivity contribution < 1.29 is 14.2 Å². The van der Waals surface area contributed by atoms with Crippen molar-refractivity contribution in [1.82, 2.24) is 5.32 Å². The zero-order valence-corrected chi connectivity index (χ0v) is 13.6. The summed E-state index contributed by atoms with van der Waals surface area (Å²) in [6.45, 7) is 14.6. The summed E-state index contributed by atoms with van der Waals surface area (Å²) in [4.78, 5) is 0. The maximum atomic E-state index is 5.93. The predicted molar refractivity (Wildman–Crippen MR) is 79.6 cm³/mol. The molecular weight excluding hydrogens is 242 g/mol. The fraction of sp³-hybridized carbons (Fsp3) is 1.00. The van der Waals surface area contributed by atoms with Gasteiger partial charge < -0.3 is 19.5 Å². The summed E-state index contributed by atoms with van der Waals surface area (Å²) < 4.78 is 16.3. The highest BCUT2D eigenvalue weighted by Crippen LogP contribution is 2.08. The first-order valence-electron chi connectivity index (χ1n) is 7.30. The fourth-order valence-electron chi connectivity index (χ4n) is 1.53. The van der Waals surface area contributed by atoms with Gasteiger partial charge in [-0.1, -0.05) is 13.8 Å². The first kappa shape index (κ1) is 18.8. The van der Waals surface area contributed by atoms with E-state index >= 15 is 0 Å². The molecule has 0 aliphatic carbocycles. The molecule has 0 amide bonds. The van der Waals surface area contributed by atoms with Gasteiger partial charge in [-0.05, 0) is 33.1 Å². The Morgan fingerprint density at radius 1 is 1.00 bits per heavy atom. The van der Waals surface area contributed by atoms with Crippen LogP contribution in [0.2, 0.25) is 0 Å². The molecule has 1 atom stereocenters. The minimum Gasteiger partial charge on any atom is -0.382 e. The largest absolute Gasteiger partial charge is 0.382 e. The molecule has 0 spiro atoms. The zero-order chi connectivity index (χ0) is 14.7. The van der Waals surface area contributed by atoms with Crippen molar-refractivity contribution in [1.29, 1.82) is 0 Å². The molecule has 0 saturated carbocycles. The van der Waals surface area contributed by atoms with Gasteiger partial charge in [0.1, 0.15) is 0 Å². The topological polar surface area (TPSA) is 39.7 Å². The number of methoxy groups -OCH3 is 1. The maximum absolute atomic E-state index is 5.93. The Bertz CT molecular complexity index is 202. The first-order valence-corrected chi connectivity index (χ1v) is 7.30. The van der Waals surface area contributed by atoms with Gasteiger partial charge in [0.2, 0.25) is 0 Å². The van der Waals surface area contributed by atoms with Crippen LogP contribution >= 0.6 is 0 Å². The number of ether oxygens (including phenoxy) is 3. The van der Waals surface area contributed by atoms with Crippen LogP contribution < -0.4 is 5.32 Å². The van der Waals surface area contributed by atoms with Crippen LogP contribution in [0.3, 0.4) is 0 Å². The molecule has 0 fully saturated rings. The van der Waals surface area contributed by atoms with Gasteiger partial charge in [-0.2, -0.15) is 0 Å². The highest BCUT2D eigenvalue weighted by molar-refractivity contribution is 4.75. The second-order valence-electron chi connectivity index (χ2n) is 6.24. The van der Waals surface area contributed by atoms with E-state index in [4.69, 9.17) is 14.2 Å². The molecule has 0 saturated heterocycles.